The van der Waals surface area contributed by atoms with Crippen LogP contribution in [-0.4, -0.2) is 18.5 Å². The molecule has 0 bridgehead atoms. The monoisotopic (exact) mass is 381 g/mol. The predicted octanol–water partition coefficient (Wildman–Crippen LogP) is 4.21. The SMILES string of the molecule is CCc1ccc([C@H](C)NC(=O)COC(=O)c2cc(F)c(F)cc2Cl)cc1. The van der Waals surface area contributed by atoms with Gasteiger partial charge in [-0.15, -0.1) is 0 Å². The molecule has 0 saturated heterocycles. The number of ether oxygens (including phenoxy) is 1. The fraction of sp³-hybridized carbons (Fsp3) is 0.263. The number of rotatable bonds is 6. The van der Waals surface area contributed by atoms with Crippen LogP contribution in [0.25, 0.3) is 0 Å². The van der Waals surface area contributed by atoms with E-state index in [1.54, 1.807) is 6.92 Å². The number of amides is 1. The van der Waals surface area contributed by atoms with Crippen LogP contribution in [0.5, 0.6) is 0 Å². The lowest BCUT2D eigenvalue weighted by Gasteiger charge is -2.15. The van der Waals surface area contributed by atoms with Gasteiger partial charge in [0.1, 0.15) is 0 Å². The molecule has 2 aromatic carbocycles. The van der Waals surface area contributed by atoms with E-state index in [2.05, 4.69) is 5.32 Å². The van der Waals surface area contributed by atoms with Crippen LogP contribution < -0.4 is 5.32 Å². The van der Waals surface area contributed by atoms with Gasteiger partial charge in [0.05, 0.1) is 16.6 Å². The third-order valence-electron chi connectivity index (χ3n) is 3.83. The molecule has 0 spiro atoms. The molecule has 26 heavy (non-hydrogen) atoms. The molecule has 0 aliphatic heterocycles. The van der Waals surface area contributed by atoms with Crippen molar-refractivity contribution in [2.75, 3.05) is 6.61 Å². The van der Waals surface area contributed by atoms with E-state index < -0.39 is 30.1 Å². The Hall–Kier alpha value is -2.47. The van der Waals surface area contributed by atoms with Crippen molar-refractivity contribution in [2.45, 2.75) is 26.3 Å². The van der Waals surface area contributed by atoms with Crippen LogP contribution in [-0.2, 0) is 16.0 Å². The van der Waals surface area contributed by atoms with Crippen LogP contribution in [0.2, 0.25) is 5.02 Å². The molecule has 0 aliphatic rings. The van der Waals surface area contributed by atoms with Crippen LogP contribution in [0.3, 0.4) is 0 Å². The number of aryl methyl sites for hydroxylation is 1. The third kappa shape index (κ3) is 5.02. The molecule has 0 heterocycles. The number of halogens is 3. The minimum atomic E-state index is -1.23. The predicted molar refractivity (Wildman–Crippen MR) is 94.0 cm³/mol. The molecule has 0 radical (unpaired) electrons. The highest BCUT2D eigenvalue weighted by Crippen LogP contribution is 2.21. The van der Waals surface area contributed by atoms with E-state index in [9.17, 15) is 18.4 Å². The highest BCUT2D eigenvalue weighted by Gasteiger charge is 2.18. The van der Waals surface area contributed by atoms with Crippen LogP contribution in [0.1, 0.15) is 41.4 Å². The Labute approximate surface area is 155 Å². The second kappa shape index (κ2) is 8.76. The Bertz CT molecular complexity index is 809. The summed E-state index contributed by atoms with van der Waals surface area (Å²) in [5, 5.41) is 2.40. The molecular weight excluding hydrogens is 364 g/mol. The quantitative estimate of drug-likeness (QED) is 0.602. The summed E-state index contributed by atoms with van der Waals surface area (Å²) in [4.78, 5) is 23.8. The van der Waals surface area contributed by atoms with Gasteiger partial charge in [0.15, 0.2) is 18.2 Å². The summed E-state index contributed by atoms with van der Waals surface area (Å²) in [6.45, 7) is 3.28. The fourth-order valence-corrected chi connectivity index (χ4v) is 2.52. The molecule has 4 nitrogen and oxygen atoms in total. The minimum Gasteiger partial charge on any atom is -0.452 e. The van der Waals surface area contributed by atoms with Crippen molar-refractivity contribution in [3.8, 4) is 0 Å². The number of nitrogens with one attached hydrogen (secondary N) is 1. The summed E-state index contributed by atoms with van der Waals surface area (Å²) in [6, 6.07) is 8.81. The standard InChI is InChI=1S/C19H18ClF2NO3/c1-3-12-4-6-13(7-5-12)11(2)23-18(24)10-26-19(25)14-8-16(21)17(22)9-15(14)20/h4-9,11H,3,10H2,1-2H3,(H,23,24)/t11-/m0/s1. The average molecular weight is 382 g/mol. The highest BCUT2D eigenvalue weighted by atomic mass is 35.5. The number of benzene rings is 2. The van der Waals surface area contributed by atoms with Crippen molar-refractivity contribution < 1.29 is 23.1 Å². The fourth-order valence-electron chi connectivity index (χ4n) is 2.30. The van der Waals surface area contributed by atoms with Gasteiger partial charge in [-0.3, -0.25) is 4.79 Å². The molecule has 0 unspecified atom stereocenters. The van der Waals surface area contributed by atoms with Gasteiger partial charge in [-0.05, 0) is 36.6 Å². The zero-order chi connectivity index (χ0) is 19.3. The van der Waals surface area contributed by atoms with Gasteiger partial charge in [0.25, 0.3) is 5.91 Å². The third-order valence-corrected chi connectivity index (χ3v) is 4.14. The van der Waals surface area contributed by atoms with E-state index in [4.69, 9.17) is 16.3 Å². The highest BCUT2D eigenvalue weighted by molar-refractivity contribution is 6.33. The van der Waals surface area contributed by atoms with Gasteiger partial charge < -0.3 is 10.1 Å². The van der Waals surface area contributed by atoms with Gasteiger partial charge in [-0.2, -0.15) is 0 Å². The smallest absolute Gasteiger partial charge is 0.340 e. The first-order chi connectivity index (χ1) is 12.3. The maximum atomic E-state index is 13.2. The largest absolute Gasteiger partial charge is 0.452 e. The van der Waals surface area contributed by atoms with E-state index in [0.29, 0.717) is 12.1 Å². The van der Waals surface area contributed by atoms with Crippen LogP contribution in [0.15, 0.2) is 36.4 Å². The summed E-state index contributed by atoms with van der Waals surface area (Å²) in [6.07, 6.45) is 0.920. The molecule has 0 aromatic heterocycles. The van der Waals surface area contributed by atoms with Crippen molar-refractivity contribution in [1.82, 2.24) is 5.32 Å². The van der Waals surface area contributed by atoms with Gasteiger partial charge in [-0.1, -0.05) is 42.8 Å². The number of carbonyl (C=O) groups is 2. The maximum Gasteiger partial charge on any atom is 0.340 e. The molecule has 138 valence electrons. The topological polar surface area (TPSA) is 55.4 Å². The molecule has 7 heteroatoms. The van der Waals surface area contributed by atoms with Crippen molar-refractivity contribution in [3.63, 3.8) is 0 Å². The van der Waals surface area contributed by atoms with E-state index in [1.165, 1.54) is 5.56 Å². The molecular formula is C19H18ClF2NO3. The minimum absolute atomic E-state index is 0.279. The Morgan fingerprint density at radius 1 is 1.15 bits per heavy atom. The van der Waals surface area contributed by atoms with Gasteiger partial charge >= 0.3 is 5.97 Å². The lowest BCUT2D eigenvalue weighted by atomic mass is 10.1. The van der Waals surface area contributed by atoms with Gasteiger partial charge in [0, 0.05) is 0 Å². The first-order valence-corrected chi connectivity index (χ1v) is 8.39. The zero-order valence-electron chi connectivity index (χ0n) is 14.3. The van der Waals surface area contributed by atoms with Crippen molar-refractivity contribution in [3.05, 3.63) is 69.7 Å². The van der Waals surface area contributed by atoms with Crippen molar-refractivity contribution in [2.24, 2.45) is 0 Å². The molecule has 1 amide bonds. The van der Waals surface area contributed by atoms with E-state index in [1.807, 2.05) is 31.2 Å². The average Bonchev–Trinajstić information content (AvgIpc) is 2.62. The molecule has 0 fully saturated rings. The van der Waals surface area contributed by atoms with Gasteiger partial charge in [-0.25, -0.2) is 13.6 Å². The Morgan fingerprint density at radius 3 is 2.38 bits per heavy atom. The van der Waals surface area contributed by atoms with E-state index in [0.717, 1.165) is 12.0 Å². The molecule has 1 N–H and O–H groups in total. The molecule has 2 aromatic rings. The van der Waals surface area contributed by atoms with E-state index in [-0.39, 0.29) is 16.6 Å². The van der Waals surface area contributed by atoms with E-state index >= 15 is 0 Å². The number of esters is 1. The first-order valence-electron chi connectivity index (χ1n) is 8.01. The number of hydrogen-bond acceptors (Lipinski definition) is 3. The Balaban J connectivity index is 1.91. The van der Waals surface area contributed by atoms with Crippen LogP contribution >= 0.6 is 11.6 Å². The number of carbonyl (C=O) groups excluding carboxylic acids is 2. The lowest BCUT2D eigenvalue weighted by Crippen LogP contribution is -2.31. The first kappa shape index (κ1) is 19.8. The second-order valence-electron chi connectivity index (χ2n) is 5.71. The molecule has 0 aliphatic carbocycles. The zero-order valence-corrected chi connectivity index (χ0v) is 15.1. The van der Waals surface area contributed by atoms with Crippen molar-refractivity contribution in [1.29, 1.82) is 0 Å². The second-order valence-corrected chi connectivity index (χ2v) is 6.11. The summed E-state index contributed by atoms with van der Waals surface area (Å²) in [5.74, 6) is -3.93. The molecule has 0 saturated carbocycles. The van der Waals surface area contributed by atoms with Crippen LogP contribution in [0.4, 0.5) is 8.78 Å². The van der Waals surface area contributed by atoms with Crippen molar-refractivity contribution >= 4 is 23.5 Å². The van der Waals surface area contributed by atoms with Crippen LogP contribution in [0, 0.1) is 11.6 Å². The maximum absolute atomic E-state index is 13.2. The lowest BCUT2D eigenvalue weighted by molar-refractivity contribution is -0.124. The molecule has 2 rings (SSSR count). The Kier molecular flexibility index (Phi) is 6.69. The Morgan fingerprint density at radius 2 is 1.77 bits per heavy atom. The summed E-state index contributed by atoms with van der Waals surface area (Å²) in [7, 11) is 0. The molecule has 1 atom stereocenters. The summed E-state index contributed by atoms with van der Waals surface area (Å²) >= 11 is 5.69. The van der Waals surface area contributed by atoms with Gasteiger partial charge in [0.2, 0.25) is 0 Å². The normalized spacial score (nSPS) is 11.7. The summed E-state index contributed by atoms with van der Waals surface area (Å²) in [5.41, 5.74) is 1.75. The summed E-state index contributed by atoms with van der Waals surface area (Å²) < 4.78 is 31.0. The number of hydrogen-bond donors (Lipinski definition) is 1.